The molecule has 1 aromatic rings. The van der Waals surface area contributed by atoms with Gasteiger partial charge in [-0.2, -0.15) is 0 Å². The van der Waals surface area contributed by atoms with Crippen molar-refractivity contribution in [3.8, 4) is 11.5 Å². The van der Waals surface area contributed by atoms with Crippen LogP contribution in [0.1, 0.15) is 18.0 Å². The molecule has 0 bridgehead atoms. The molecule has 1 atom stereocenters. The van der Waals surface area contributed by atoms with Crippen LogP contribution in [0.4, 0.5) is 0 Å². The number of benzene rings is 1. The Balaban J connectivity index is 3.07. The molecule has 0 radical (unpaired) electrons. The van der Waals surface area contributed by atoms with Gasteiger partial charge in [-0.15, -0.1) is 0 Å². The van der Waals surface area contributed by atoms with Crippen LogP contribution in [0, 0.1) is 0 Å². The third-order valence-electron chi connectivity index (χ3n) is 2.25. The van der Waals surface area contributed by atoms with Crippen LogP contribution in [-0.2, 0) is 4.79 Å². The number of carbonyl (C=O) groups excluding carboxylic acids is 1. The maximum absolute atomic E-state index is 10.8. The fourth-order valence-electron chi connectivity index (χ4n) is 1.53. The third kappa shape index (κ3) is 2.64. The minimum atomic E-state index is -0.484. The van der Waals surface area contributed by atoms with Crippen LogP contribution in [-0.4, -0.2) is 20.1 Å². The average molecular weight is 224 g/mol. The minimum Gasteiger partial charge on any atom is -0.493 e. The van der Waals surface area contributed by atoms with Crippen molar-refractivity contribution in [1.29, 1.82) is 0 Å². The molecule has 0 spiro atoms. The van der Waals surface area contributed by atoms with Crippen molar-refractivity contribution in [3.05, 3.63) is 23.8 Å². The summed E-state index contributed by atoms with van der Waals surface area (Å²) in [6.45, 7) is 0. The Morgan fingerprint density at radius 1 is 1.38 bits per heavy atom. The van der Waals surface area contributed by atoms with Crippen molar-refractivity contribution in [1.82, 2.24) is 0 Å². The molecular formula is C11H16N2O3. The molecule has 0 aliphatic carbocycles. The maximum Gasteiger partial charge on any atom is 0.219 e. The highest BCUT2D eigenvalue weighted by atomic mass is 16.5. The first-order valence-corrected chi connectivity index (χ1v) is 4.85. The Morgan fingerprint density at radius 2 is 2.06 bits per heavy atom. The Morgan fingerprint density at radius 3 is 2.56 bits per heavy atom. The summed E-state index contributed by atoms with van der Waals surface area (Å²) in [6.07, 6.45) is 0.0729. The second-order valence-electron chi connectivity index (χ2n) is 3.36. The van der Waals surface area contributed by atoms with E-state index in [4.69, 9.17) is 20.9 Å². The average Bonchev–Trinajstić information content (AvgIpc) is 2.26. The largest absolute Gasteiger partial charge is 0.493 e. The van der Waals surface area contributed by atoms with Crippen LogP contribution in [0.25, 0.3) is 0 Å². The predicted octanol–water partition coefficient (Wildman–Crippen LogP) is 0.579. The zero-order valence-corrected chi connectivity index (χ0v) is 9.40. The van der Waals surface area contributed by atoms with Gasteiger partial charge in [0.15, 0.2) is 11.5 Å². The monoisotopic (exact) mass is 224 g/mol. The van der Waals surface area contributed by atoms with Crippen molar-refractivity contribution >= 4 is 5.91 Å². The molecule has 0 aliphatic heterocycles. The molecule has 4 N–H and O–H groups in total. The lowest BCUT2D eigenvalue weighted by Crippen LogP contribution is -2.21. The molecule has 0 saturated heterocycles. The number of hydrogen-bond donors (Lipinski definition) is 2. The number of methoxy groups -OCH3 is 2. The summed E-state index contributed by atoms with van der Waals surface area (Å²) in [7, 11) is 3.07. The lowest BCUT2D eigenvalue weighted by Gasteiger charge is -2.16. The van der Waals surface area contributed by atoms with Crippen LogP contribution >= 0.6 is 0 Å². The van der Waals surface area contributed by atoms with E-state index in [0.717, 1.165) is 0 Å². The van der Waals surface area contributed by atoms with Crippen LogP contribution in [0.3, 0.4) is 0 Å². The fraction of sp³-hybridized carbons (Fsp3) is 0.364. The van der Waals surface area contributed by atoms with E-state index in [1.165, 1.54) is 7.11 Å². The van der Waals surface area contributed by atoms with Gasteiger partial charge in [0, 0.05) is 18.0 Å². The van der Waals surface area contributed by atoms with Crippen molar-refractivity contribution in [2.75, 3.05) is 14.2 Å². The van der Waals surface area contributed by atoms with E-state index in [-0.39, 0.29) is 6.42 Å². The number of primary amides is 1. The van der Waals surface area contributed by atoms with Crippen molar-refractivity contribution in [2.45, 2.75) is 12.5 Å². The molecule has 0 fully saturated rings. The number of rotatable bonds is 5. The predicted molar refractivity (Wildman–Crippen MR) is 60.3 cm³/mol. The quantitative estimate of drug-likeness (QED) is 0.765. The van der Waals surface area contributed by atoms with Gasteiger partial charge < -0.3 is 20.9 Å². The van der Waals surface area contributed by atoms with Gasteiger partial charge in [0.1, 0.15) is 0 Å². The molecule has 0 saturated carbocycles. The Hall–Kier alpha value is -1.75. The Kier molecular flexibility index (Phi) is 4.13. The van der Waals surface area contributed by atoms with E-state index < -0.39 is 11.9 Å². The third-order valence-corrected chi connectivity index (χ3v) is 2.25. The Labute approximate surface area is 94.3 Å². The highest BCUT2D eigenvalue weighted by Gasteiger charge is 2.17. The van der Waals surface area contributed by atoms with Crippen molar-refractivity contribution in [2.24, 2.45) is 11.5 Å². The second kappa shape index (κ2) is 5.37. The fourth-order valence-corrected chi connectivity index (χ4v) is 1.53. The summed E-state index contributed by atoms with van der Waals surface area (Å²) in [6, 6.07) is 4.86. The first-order chi connectivity index (χ1) is 7.60. The first-order valence-electron chi connectivity index (χ1n) is 4.85. The number of carbonyl (C=O) groups is 1. The zero-order chi connectivity index (χ0) is 12.1. The molecule has 1 rings (SSSR count). The van der Waals surface area contributed by atoms with Crippen molar-refractivity contribution < 1.29 is 14.3 Å². The lowest BCUT2D eigenvalue weighted by atomic mass is 10.0. The molecule has 1 amide bonds. The van der Waals surface area contributed by atoms with Gasteiger partial charge in [-0.1, -0.05) is 12.1 Å². The van der Waals surface area contributed by atoms with Crippen LogP contribution in [0.15, 0.2) is 18.2 Å². The van der Waals surface area contributed by atoms with E-state index in [0.29, 0.717) is 17.1 Å². The van der Waals surface area contributed by atoms with Gasteiger partial charge in [-0.05, 0) is 6.07 Å². The highest BCUT2D eigenvalue weighted by Crippen LogP contribution is 2.34. The summed E-state index contributed by atoms with van der Waals surface area (Å²) in [5, 5.41) is 0. The minimum absolute atomic E-state index is 0.0729. The van der Waals surface area contributed by atoms with Gasteiger partial charge in [-0.3, -0.25) is 4.79 Å². The summed E-state index contributed by atoms with van der Waals surface area (Å²) < 4.78 is 10.3. The van der Waals surface area contributed by atoms with E-state index in [9.17, 15) is 4.79 Å². The standard InChI is InChI=1S/C11H16N2O3/c1-15-9-5-3-4-7(11(9)16-2)8(12)6-10(13)14/h3-5,8H,6,12H2,1-2H3,(H2,13,14)/t8-/m1/s1. The van der Waals surface area contributed by atoms with E-state index in [2.05, 4.69) is 0 Å². The topological polar surface area (TPSA) is 87.6 Å². The number of para-hydroxylation sites is 1. The molecule has 1 aromatic carbocycles. The number of hydrogen-bond acceptors (Lipinski definition) is 4. The Bertz CT molecular complexity index is 379. The maximum atomic E-state index is 10.8. The zero-order valence-electron chi connectivity index (χ0n) is 9.40. The molecule has 5 nitrogen and oxygen atoms in total. The molecule has 0 heterocycles. The molecule has 0 aliphatic rings. The highest BCUT2D eigenvalue weighted by molar-refractivity contribution is 5.75. The summed E-state index contributed by atoms with van der Waals surface area (Å²) in [5.74, 6) is 0.677. The van der Waals surface area contributed by atoms with Gasteiger partial charge in [0.05, 0.1) is 14.2 Å². The molecule has 88 valence electrons. The van der Waals surface area contributed by atoms with E-state index >= 15 is 0 Å². The normalized spacial score (nSPS) is 11.9. The number of nitrogens with two attached hydrogens (primary N) is 2. The summed E-state index contributed by atoms with van der Waals surface area (Å²) >= 11 is 0. The molecule has 5 heteroatoms. The summed E-state index contributed by atoms with van der Waals surface area (Å²) in [5.41, 5.74) is 11.7. The summed E-state index contributed by atoms with van der Waals surface area (Å²) in [4.78, 5) is 10.8. The second-order valence-corrected chi connectivity index (χ2v) is 3.36. The van der Waals surface area contributed by atoms with Crippen LogP contribution in [0.2, 0.25) is 0 Å². The van der Waals surface area contributed by atoms with Gasteiger partial charge in [0.2, 0.25) is 5.91 Å². The molecule has 0 aromatic heterocycles. The SMILES string of the molecule is COc1cccc([C@H](N)CC(N)=O)c1OC. The molecular weight excluding hydrogens is 208 g/mol. The van der Waals surface area contributed by atoms with Gasteiger partial charge in [-0.25, -0.2) is 0 Å². The van der Waals surface area contributed by atoms with Crippen molar-refractivity contribution in [3.63, 3.8) is 0 Å². The van der Waals surface area contributed by atoms with E-state index in [1.807, 2.05) is 0 Å². The van der Waals surface area contributed by atoms with Gasteiger partial charge in [0.25, 0.3) is 0 Å². The van der Waals surface area contributed by atoms with Crippen LogP contribution in [0.5, 0.6) is 11.5 Å². The smallest absolute Gasteiger partial charge is 0.219 e. The first kappa shape index (κ1) is 12.3. The lowest BCUT2D eigenvalue weighted by molar-refractivity contribution is -0.118. The number of amides is 1. The molecule has 0 unspecified atom stereocenters. The van der Waals surface area contributed by atoms with E-state index in [1.54, 1.807) is 25.3 Å². The number of ether oxygens (including phenoxy) is 2. The van der Waals surface area contributed by atoms with Gasteiger partial charge >= 0.3 is 0 Å². The van der Waals surface area contributed by atoms with Crippen LogP contribution < -0.4 is 20.9 Å². The molecule has 16 heavy (non-hydrogen) atoms.